The number of aromatic amines is 1. The molecule has 4 aromatic rings. The minimum atomic E-state index is -0.0725. The van der Waals surface area contributed by atoms with Gasteiger partial charge < -0.3 is 20.4 Å². The van der Waals surface area contributed by atoms with Gasteiger partial charge in [-0.1, -0.05) is 6.07 Å². The number of fused-ring (bicyclic) bond motifs is 8. The molecule has 0 atom stereocenters. The highest BCUT2D eigenvalue weighted by Crippen LogP contribution is 2.30. The van der Waals surface area contributed by atoms with Gasteiger partial charge in [0.05, 0.1) is 17.8 Å². The summed E-state index contributed by atoms with van der Waals surface area (Å²) in [6.45, 7) is 3.89. The summed E-state index contributed by atoms with van der Waals surface area (Å²) in [6, 6.07) is 13.8. The first-order chi connectivity index (χ1) is 15.7. The Morgan fingerprint density at radius 3 is 2.88 bits per heavy atom. The van der Waals surface area contributed by atoms with Gasteiger partial charge in [0.2, 0.25) is 5.95 Å². The highest BCUT2D eigenvalue weighted by atomic mass is 16.5. The maximum absolute atomic E-state index is 12.8. The molecule has 32 heavy (non-hydrogen) atoms. The van der Waals surface area contributed by atoms with Crippen LogP contribution >= 0.6 is 0 Å². The normalized spacial score (nSPS) is 14.8. The number of aryl methyl sites for hydroxylation is 1. The summed E-state index contributed by atoms with van der Waals surface area (Å²) in [6.07, 6.45) is 5.33. The summed E-state index contributed by atoms with van der Waals surface area (Å²) in [5.41, 5.74) is 6.44. The fraction of sp³-hybridized carbons (Fsp3) is 0.240. The summed E-state index contributed by atoms with van der Waals surface area (Å²) in [4.78, 5) is 25.2. The van der Waals surface area contributed by atoms with E-state index in [1.165, 1.54) is 5.56 Å². The molecule has 0 saturated heterocycles. The molecule has 1 amide bonds. The van der Waals surface area contributed by atoms with Crippen LogP contribution in [0.1, 0.15) is 34.3 Å². The summed E-state index contributed by atoms with van der Waals surface area (Å²) in [5.74, 6) is 0.439. The fourth-order valence-corrected chi connectivity index (χ4v) is 3.98. The van der Waals surface area contributed by atoms with Gasteiger partial charge in [0, 0.05) is 47.7 Å². The van der Waals surface area contributed by atoms with E-state index in [1.54, 1.807) is 6.20 Å². The highest BCUT2D eigenvalue weighted by molar-refractivity contribution is 6.09. The molecule has 2 aromatic heterocycles. The smallest absolute Gasteiger partial charge is 0.251 e. The lowest BCUT2D eigenvalue weighted by Gasteiger charge is -2.11. The average molecular weight is 428 g/mol. The van der Waals surface area contributed by atoms with E-state index in [2.05, 4.69) is 39.7 Å². The van der Waals surface area contributed by atoms with E-state index in [9.17, 15) is 4.79 Å². The molecule has 0 radical (unpaired) electrons. The van der Waals surface area contributed by atoms with Crippen LogP contribution in [0.25, 0.3) is 22.2 Å². The molecule has 0 unspecified atom stereocenters. The van der Waals surface area contributed by atoms with E-state index in [1.807, 2.05) is 36.5 Å². The van der Waals surface area contributed by atoms with Crippen molar-refractivity contribution >= 4 is 28.4 Å². The lowest BCUT2D eigenvalue weighted by atomic mass is 10.0. The lowest BCUT2D eigenvalue weighted by molar-refractivity contribution is 0.0947. The van der Waals surface area contributed by atoms with Crippen LogP contribution in [0.2, 0.25) is 0 Å². The second kappa shape index (κ2) is 8.80. The summed E-state index contributed by atoms with van der Waals surface area (Å²) in [5, 5.41) is 7.22. The van der Waals surface area contributed by atoms with Crippen LogP contribution in [0.4, 0.5) is 11.6 Å². The number of anilines is 2. The van der Waals surface area contributed by atoms with Crippen molar-refractivity contribution in [2.24, 2.45) is 0 Å². The molecule has 2 aliphatic rings. The number of amides is 1. The molecule has 4 heterocycles. The minimum absolute atomic E-state index is 0.0725. The molecule has 3 N–H and O–H groups in total. The first-order valence-corrected chi connectivity index (χ1v) is 10.8. The minimum Gasteiger partial charge on any atom is -0.377 e. The maximum Gasteiger partial charge on any atom is 0.251 e. The number of H-pyrrole nitrogens is 1. The summed E-state index contributed by atoms with van der Waals surface area (Å²) >= 11 is 0. The van der Waals surface area contributed by atoms with Crippen molar-refractivity contribution < 1.29 is 9.53 Å². The van der Waals surface area contributed by atoms with Crippen molar-refractivity contribution in [1.82, 2.24) is 20.3 Å². The zero-order valence-electron chi connectivity index (χ0n) is 17.9. The number of hydrogen-bond donors (Lipinski definition) is 3. The quantitative estimate of drug-likeness (QED) is 0.378. The van der Waals surface area contributed by atoms with Crippen LogP contribution in [0.15, 0.2) is 54.9 Å². The Kier molecular flexibility index (Phi) is 5.56. The predicted octanol–water partition coefficient (Wildman–Crippen LogP) is 4.72. The molecule has 0 spiro atoms. The number of nitrogens with zero attached hydrogens (tertiary/aromatic N) is 2. The molecular formula is C25H25N5O2. The number of benzene rings is 2. The first kappa shape index (κ1) is 20.2. The molecule has 6 bridgehead atoms. The Balaban J connectivity index is 1.57. The van der Waals surface area contributed by atoms with E-state index in [0.717, 1.165) is 46.3 Å². The van der Waals surface area contributed by atoms with Gasteiger partial charge in [0.1, 0.15) is 0 Å². The molecule has 162 valence electrons. The predicted molar refractivity (Wildman–Crippen MR) is 125 cm³/mol. The Bertz CT molecular complexity index is 1280. The highest BCUT2D eigenvalue weighted by Gasteiger charge is 2.15. The fourth-order valence-electron chi connectivity index (χ4n) is 3.98. The molecule has 2 aliphatic heterocycles. The van der Waals surface area contributed by atoms with E-state index in [-0.39, 0.29) is 5.91 Å². The van der Waals surface area contributed by atoms with Gasteiger partial charge in [0.15, 0.2) is 0 Å². The first-order valence-electron chi connectivity index (χ1n) is 10.8. The number of carbonyl (C=O) groups excluding carboxylic acids is 1. The van der Waals surface area contributed by atoms with Gasteiger partial charge in [-0.2, -0.15) is 0 Å². The molecule has 6 rings (SSSR count). The lowest BCUT2D eigenvalue weighted by Crippen LogP contribution is -2.24. The number of rotatable bonds is 0. The molecule has 2 aromatic carbocycles. The third-order valence-electron chi connectivity index (χ3n) is 5.76. The number of nitrogens with one attached hydrogen (secondary N) is 3. The van der Waals surface area contributed by atoms with Crippen molar-refractivity contribution in [3.63, 3.8) is 0 Å². The van der Waals surface area contributed by atoms with Gasteiger partial charge >= 0.3 is 0 Å². The van der Waals surface area contributed by atoms with E-state index < -0.39 is 0 Å². The number of hydrogen-bond acceptors (Lipinski definition) is 5. The van der Waals surface area contributed by atoms with Crippen molar-refractivity contribution in [2.75, 3.05) is 18.5 Å². The second-order valence-electron chi connectivity index (χ2n) is 7.97. The molecule has 7 heteroatoms. The van der Waals surface area contributed by atoms with Crippen LogP contribution in [0, 0.1) is 6.92 Å². The van der Waals surface area contributed by atoms with E-state index in [0.29, 0.717) is 31.3 Å². The maximum atomic E-state index is 12.8. The molecular weight excluding hydrogens is 402 g/mol. The van der Waals surface area contributed by atoms with Crippen LogP contribution in [0.3, 0.4) is 0 Å². The Morgan fingerprint density at radius 1 is 1.03 bits per heavy atom. The molecule has 0 aliphatic carbocycles. The van der Waals surface area contributed by atoms with Crippen molar-refractivity contribution in [1.29, 1.82) is 0 Å². The van der Waals surface area contributed by atoms with Crippen LogP contribution in [-0.4, -0.2) is 34.0 Å². The zero-order chi connectivity index (χ0) is 21.9. The number of ether oxygens (including phenoxy) is 1. The zero-order valence-corrected chi connectivity index (χ0v) is 17.9. The SMILES string of the molecule is Cc1ccc2cc1COCCCCNC(=O)c1ccc(c3[nH]ccc13)-c1ccnc(n1)N2. The van der Waals surface area contributed by atoms with E-state index in [4.69, 9.17) is 9.72 Å². The molecule has 0 fully saturated rings. The van der Waals surface area contributed by atoms with Gasteiger partial charge in [0.25, 0.3) is 5.91 Å². The third kappa shape index (κ3) is 4.07. The van der Waals surface area contributed by atoms with Gasteiger partial charge in [-0.15, -0.1) is 0 Å². The van der Waals surface area contributed by atoms with E-state index >= 15 is 0 Å². The van der Waals surface area contributed by atoms with Gasteiger partial charge in [-0.05, 0) is 67.3 Å². The van der Waals surface area contributed by atoms with Crippen molar-refractivity contribution in [2.45, 2.75) is 26.4 Å². The van der Waals surface area contributed by atoms with Crippen LogP contribution in [0.5, 0.6) is 0 Å². The Hall–Kier alpha value is -3.71. The number of carbonyl (C=O) groups is 1. The van der Waals surface area contributed by atoms with Crippen molar-refractivity contribution in [3.05, 3.63) is 71.5 Å². The molecule has 7 nitrogen and oxygen atoms in total. The second-order valence-corrected chi connectivity index (χ2v) is 7.97. The Morgan fingerprint density at radius 2 is 1.94 bits per heavy atom. The van der Waals surface area contributed by atoms with Crippen LogP contribution < -0.4 is 10.6 Å². The third-order valence-corrected chi connectivity index (χ3v) is 5.76. The van der Waals surface area contributed by atoms with Crippen molar-refractivity contribution in [3.8, 4) is 11.3 Å². The monoisotopic (exact) mass is 427 g/mol. The summed E-state index contributed by atoms with van der Waals surface area (Å²) in [7, 11) is 0. The average Bonchev–Trinajstić information content (AvgIpc) is 3.29. The Labute approximate surface area is 186 Å². The standard InChI is InChI=1S/C25H25N5O2/c1-16-4-5-18-14-17(16)15-32-13-3-2-10-27-24(31)20-6-7-21(23-19(20)8-11-26-23)22-9-12-28-25(29-18)30-22/h4-9,11-12,14,26H,2-3,10,13,15H2,1H3,(H,27,31)(H,28,29,30). The number of aromatic nitrogens is 3. The molecule has 0 saturated carbocycles. The van der Waals surface area contributed by atoms with Crippen LogP contribution in [-0.2, 0) is 11.3 Å². The van der Waals surface area contributed by atoms with Gasteiger partial charge in [-0.3, -0.25) is 4.79 Å². The topological polar surface area (TPSA) is 91.9 Å². The summed E-state index contributed by atoms with van der Waals surface area (Å²) < 4.78 is 5.88. The van der Waals surface area contributed by atoms with Gasteiger partial charge in [-0.25, -0.2) is 9.97 Å². The largest absolute Gasteiger partial charge is 0.377 e.